The molecule has 0 saturated carbocycles. The number of fused-ring (bicyclic) bond motifs is 1. The molecule has 1 radical (unpaired) electrons. The molecule has 0 aliphatic heterocycles. The number of rotatable bonds is 0. The van der Waals surface area contributed by atoms with E-state index >= 15 is 0 Å². The summed E-state index contributed by atoms with van der Waals surface area (Å²) >= 11 is 0. The van der Waals surface area contributed by atoms with Crippen molar-refractivity contribution in [3.63, 3.8) is 0 Å². The van der Waals surface area contributed by atoms with Crippen LogP contribution >= 0.6 is 10.8 Å². The fraction of sp³-hybridized carbons (Fsp3) is 0. The largest absolute Gasteiger partial charge is 0.590 e. The zero-order valence-corrected chi connectivity index (χ0v) is 6.73. The van der Waals surface area contributed by atoms with Gasteiger partial charge in [0.05, 0.1) is 0 Å². The average molecular weight is 163 g/mol. The van der Waals surface area contributed by atoms with Crippen LogP contribution in [0.4, 0.5) is 0 Å². The van der Waals surface area contributed by atoms with Crippen LogP contribution < -0.4 is 0 Å². The van der Waals surface area contributed by atoms with Crippen LogP contribution in [0, 0.1) is 6.92 Å². The van der Waals surface area contributed by atoms with E-state index in [1.54, 1.807) is 5.38 Å². The van der Waals surface area contributed by atoms with Gasteiger partial charge in [0.2, 0.25) is 0 Å². The summed E-state index contributed by atoms with van der Waals surface area (Å²) in [4.78, 5) is 0. The molecular weight excluding hydrogens is 156 g/mol. The van der Waals surface area contributed by atoms with Crippen molar-refractivity contribution in [3.8, 4) is 0 Å². The molecular formula is C9H7OS. The predicted molar refractivity (Wildman–Crippen MR) is 47.1 cm³/mol. The summed E-state index contributed by atoms with van der Waals surface area (Å²) in [5.41, 5.74) is 0.874. The van der Waals surface area contributed by atoms with Crippen LogP contribution in [-0.4, -0.2) is 4.55 Å². The Morgan fingerprint density at radius 1 is 1.27 bits per heavy atom. The minimum atomic E-state index is -0.952. The van der Waals surface area contributed by atoms with Crippen molar-refractivity contribution in [2.45, 2.75) is 0 Å². The maximum absolute atomic E-state index is 11.3. The van der Waals surface area contributed by atoms with Gasteiger partial charge in [-0.2, -0.15) is 0 Å². The summed E-state index contributed by atoms with van der Waals surface area (Å²) in [7, 11) is -0.952. The van der Waals surface area contributed by atoms with E-state index in [9.17, 15) is 4.55 Å². The fourth-order valence-electron chi connectivity index (χ4n) is 1.16. The van der Waals surface area contributed by atoms with Crippen LogP contribution in [0.2, 0.25) is 0 Å². The Morgan fingerprint density at radius 3 is 2.73 bits per heavy atom. The molecule has 0 fully saturated rings. The smallest absolute Gasteiger partial charge is 0.179 e. The Kier molecular flexibility index (Phi) is 1.44. The first kappa shape index (κ1) is 6.83. The highest BCUT2D eigenvalue weighted by Gasteiger charge is 2.06. The van der Waals surface area contributed by atoms with Crippen LogP contribution in [0.15, 0.2) is 29.6 Å². The van der Waals surface area contributed by atoms with E-state index in [2.05, 4.69) is 6.92 Å². The normalized spacial score (nSPS) is 12.4. The van der Waals surface area contributed by atoms with Gasteiger partial charge in [0.25, 0.3) is 0 Å². The Labute approximate surface area is 68.1 Å². The summed E-state index contributed by atoms with van der Waals surface area (Å²) < 4.78 is 12.2. The molecule has 1 unspecified atom stereocenters. The topological polar surface area (TPSA) is 23.1 Å². The van der Waals surface area contributed by atoms with Gasteiger partial charge >= 0.3 is 0 Å². The van der Waals surface area contributed by atoms with Crippen molar-refractivity contribution >= 4 is 20.8 Å². The maximum atomic E-state index is 11.3. The van der Waals surface area contributed by atoms with E-state index in [0.29, 0.717) is 0 Å². The predicted octanol–water partition coefficient (Wildman–Crippen LogP) is 2.75. The second-order valence-electron chi connectivity index (χ2n) is 2.44. The van der Waals surface area contributed by atoms with Crippen molar-refractivity contribution in [1.29, 1.82) is 0 Å². The van der Waals surface area contributed by atoms with Gasteiger partial charge in [0.1, 0.15) is 5.38 Å². The molecule has 1 aromatic heterocycles. The molecule has 0 saturated heterocycles. The van der Waals surface area contributed by atoms with Gasteiger partial charge in [0, 0.05) is 10.9 Å². The lowest BCUT2D eigenvalue weighted by Crippen LogP contribution is -1.64. The molecule has 1 atom stereocenters. The molecule has 2 heteroatoms. The van der Waals surface area contributed by atoms with E-state index in [1.807, 2.05) is 24.3 Å². The fourth-order valence-corrected chi connectivity index (χ4v) is 2.30. The summed E-state index contributed by atoms with van der Waals surface area (Å²) in [5, 5.41) is 2.70. The monoisotopic (exact) mass is 163 g/mol. The van der Waals surface area contributed by atoms with Gasteiger partial charge < -0.3 is 4.55 Å². The van der Waals surface area contributed by atoms with Crippen LogP contribution in [0.1, 0.15) is 5.56 Å². The third kappa shape index (κ3) is 0.951. The van der Waals surface area contributed by atoms with E-state index in [4.69, 9.17) is 0 Å². The highest BCUT2D eigenvalue weighted by molar-refractivity contribution is 7.30. The van der Waals surface area contributed by atoms with Gasteiger partial charge in [0.15, 0.2) is 4.70 Å². The second kappa shape index (κ2) is 2.32. The van der Waals surface area contributed by atoms with Crippen LogP contribution in [0.3, 0.4) is 0 Å². The van der Waals surface area contributed by atoms with Gasteiger partial charge in [-0.15, -0.1) is 0 Å². The van der Waals surface area contributed by atoms with E-state index in [0.717, 1.165) is 15.6 Å². The molecule has 1 aromatic carbocycles. The van der Waals surface area contributed by atoms with Crippen molar-refractivity contribution in [3.05, 3.63) is 42.1 Å². The van der Waals surface area contributed by atoms with Crippen LogP contribution in [0.5, 0.6) is 0 Å². The molecule has 1 heterocycles. The second-order valence-corrected chi connectivity index (χ2v) is 3.71. The SMILES string of the molecule is [CH2]c1c[s+]([O-])c2ccccc12. The zero-order chi connectivity index (χ0) is 7.84. The molecule has 0 N–H and O–H groups in total. The molecule has 0 amide bonds. The Hall–Kier alpha value is -0.860. The quantitative estimate of drug-likeness (QED) is 0.547. The molecule has 0 spiro atoms. The third-order valence-corrected chi connectivity index (χ3v) is 2.99. The molecule has 0 aliphatic rings. The molecule has 2 rings (SSSR count). The summed E-state index contributed by atoms with van der Waals surface area (Å²) in [6.07, 6.45) is 0. The van der Waals surface area contributed by atoms with Crippen molar-refractivity contribution in [2.75, 3.05) is 0 Å². The Morgan fingerprint density at radius 2 is 2.00 bits per heavy atom. The van der Waals surface area contributed by atoms with E-state index in [-0.39, 0.29) is 0 Å². The van der Waals surface area contributed by atoms with Gasteiger partial charge in [-0.3, -0.25) is 0 Å². The van der Waals surface area contributed by atoms with Crippen LogP contribution in [-0.2, 0) is 0 Å². The first-order valence-electron chi connectivity index (χ1n) is 3.33. The molecule has 55 valence electrons. The zero-order valence-electron chi connectivity index (χ0n) is 5.91. The average Bonchev–Trinajstić information content (AvgIpc) is 2.30. The summed E-state index contributed by atoms with van der Waals surface area (Å²) in [6.45, 7) is 3.80. The first-order valence-corrected chi connectivity index (χ1v) is 4.54. The van der Waals surface area contributed by atoms with Crippen molar-refractivity contribution in [1.82, 2.24) is 0 Å². The first-order chi connectivity index (χ1) is 5.29. The lowest BCUT2D eigenvalue weighted by molar-refractivity contribution is 0.600. The summed E-state index contributed by atoms with van der Waals surface area (Å²) in [5.74, 6) is 0. The van der Waals surface area contributed by atoms with Gasteiger partial charge in [-0.05, 0) is 29.8 Å². The molecule has 0 aliphatic carbocycles. The lowest BCUT2D eigenvalue weighted by atomic mass is 10.2. The Balaban J connectivity index is 2.95. The highest BCUT2D eigenvalue weighted by atomic mass is 32.2. The van der Waals surface area contributed by atoms with Crippen molar-refractivity contribution in [2.24, 2.45) is 0 Å². The maximum Gasteiger partial charge on any atom is 0.179 e. The van der Waals surface area contributed by atoms with Crippen LogP contribution in [0.25, 0.3) is 10.1 Å². The summed E-state index contributed by atoms with van der Waals surface area (Å²) in [6, 6.07) is 7.64. The highest BCUT2D eigenvalue weighted by Crippen LogP contribution is 2.31. The van der Waals surface area contributed by atoms with E-state index < -0.39 is 10.8 Å². The number of hydrogen-bond donors (Lipinski definition) is 0. The van der Waals surface area contributed by atoms with Gasteiger partial charge in [-0.1, -0.05) is 12.1 Å². The number of benzene rings is 1. The van der Waals surface area contributed by atoms with Crippen molar-refractivity contribution < 1.29 is 4.55 Å². The standard InChI is InChI=1S/C9H7OS/c1-7-6-11(10)9-5-3-2-4-8(7)9/h2-6H,1H2. The molecule has 0 bridgehead atoms. The minimum Gasteiger partial charge on any atom is -0.590 e. The lowest BCUT2D eigenvalue weighted by Gasteiger charge is -1.87. The molecule has 1 nitrogen and oxygen atoms in total. The Bertz CT molecular complexity index is 353. The molecule has 2 aromatic rings. The third-order valence-electron chi connectivity index (χ3n) is 1.70. The number of thiophene rings is 1. The minimum absolute atomic E-state index is 0.874. The van der Waals surface area contributed by atoms with E-state index in [1.165, 1.54) is 0 Å². The number of hydrogen-bond acceptors (Lipinski definition) is 1. The van der Waals surface area contributed by atoms with Gasteiger partial charge in [-0.25, -0.2) is 0 Å². The molecule has 11 heavy (non-hydrogen) atoms.